The number of ether oxygens (including phenoxy) is 2. The molecule has 0 fully saturated rings. The highest BCUT2D eigenvalue weighted by atomic mass is 16.5. The predicted molar refractivity (Wildman–Crippen MR) is 141 cm³/mol. The second-order valence-electron chi connectivity index (χ2n) is 9.66. The number of nitrogens with zero attached hydrogens (tertiary/aromatic N) is 4. The maximum atomic E-state index is 13.6. The van der Waals surface area contributed by atoms with E-state index in [4.69, 9.17) is 9.47 Å². The van der Waals surface area contributed by atoms with Crippen LogP contribution in [0.5, 0.6) is 11.6 Å². The normalized spacial score (nSPS) is 18.1. The van der Waals surface area contributed by atoms with Gasteiger partial charge in [-0.3, -0.25) is 9.59 Å². The van der Waals surface area contributed by atoms with Crippen molar-refractivity contribution in [3.63, 3.8) is 0 Å². The molecule has 2 heterocycles. The lowest BCUT2D eigenvalue weighted by molar-refractivity contribution is -0.132. The van der Waals surface area contributed by atoms with Crippen LogP contribution in [0.3, 0.4) is 0 Å². The topological polar surface area (TPSA) is 95.4 Å². The Kier molecular flexibility index (Phi) is 9.50. The molecule has 0 radical (unpaired) electrons. The molecule has 0 bridgehead atoms. The van der Waals surface area contributed by atoms with Crippen LogP contribution in [-0.4, -0.2) is 103 Å². The van der Waals surface area contributed by atoms with Crippen LogP contribution >= 0.6 is 0 Å². The summed E-state index contributed by atoms with van der Waals surface area (Å²) in [5.41, 5.74) is 1.53. The highest BCUT2D eigenvalue weighted by Gasteiger charge is 2.34. The number of benzene rings is 1. The third-order valence-corrected chi connectivity index (χ3v) is 6.30. The number of carbonyl (C=O) groups is 2. The molecule has 9 heteroatoms. The van der Waals surface area contributed by atoms with E-state index in [2.05, 4.69) is 16.8 Å². The average Bonchev–Trinajstić information content (AvgIpc) is 2.88. The molecular formula is C28H36N4O5. The SMILES string of the molecule is COc1ccccc1C#Cc1cnc2c(c1)C(=O)N([C@H](C)CO)C[C@@H](C)[C@@H](CN(C)C(=O)CN(C)C)O2. The van der Waals surface area contributed by atoms with Crippen molar-refractivity contribution in [1.82, 2.24) is 19.7 Å². The quantitative estimate of drug-likeness (QED) is 0.569. The van der Waals surface area contributed by atoms with Gasteiger partial charge in [-0.2, -0.15) is 0 Å². The predicted octanol–water partition coefficient (Wildman–Crippen LogP) is 1.73. The van der Waals surface area contributed by atoms with Crippen LogP contribution in [0.15, 0.2) is 36.5 Å². The summed E-state index contributed by atoms with van der Waals surface area (Å²) in [6, 6.07) is 8.68. The molecule has 0 aliphatic carbocycles. The number of carbonyl (C=O) groups excluding carboxylic acids is 2. The minimum Gasteiger partial charge on any atom is -0.495 e. The Morgan fingerprint density at radius 3 is 2.70 bits per heavy atom. The highest BCUT2D eigenvalue weighted by molar-refractivity contribution is 5.97. The molecule has 198 valence electrons. The Morgan fingerprint density at radius 1 is 1.30 bits per heavy atom. The number of methoxy groups -OCH3 is 1. The molecule has 0 saturated carbocycles. The monoisotopic (exact) mass is 508 g/mol. The fraction of sp³-hybridized carbons (Fsp3) is 0.464. The summed E-state index contributed by atoms with van der Waals surface area (Å²) in [4.78, 5) is 35.7. The minimum atomic E-state index is -0.408. The third-order valence-electron chi connectivity index (χ3n) is 6.30. The van der Waals surface area contributed by atoms with Gasteiger partial charge in [0.15, 0.2) is 0 Å². The number of pyridine rings is 1. The number of likely N-dealkylation sites (N-methyl/N-ethyl adjacent to an activating group) is 2. The maximum absolute atomic E-state index is 13.6. The first kappa shape index (κ1) is 28.0. The smallest absolute Gasteiger partial charge is 0.259 e. The fourth-order valence-electron chi connectivity index (χ4n) is 4.04. The first-order chi connectivity index (χ1) is 17.6. The summed E-state index contributed by atoms with van der Waals surface area (Å²) in [5, 5.41) is 9.85. The van der Waals surface area contributed by atoms with E-state index in [1.165, 1.54) is 0 Å². The summed E-state index contributed by atoms with van der Waals surface area (Å²) >= 11 is 0. The van der Waals surface area contributed by atoms with Gasteiger partial charge in [0, 0.05) is 31.3 Å². The lowest BCUT2D eigenvalue weighted by atomic mass is 10.00. The average molecular weight is 509 g/mol. The Bertz CT molecular complexity index is 1170. The largest absolute Gasteiger partial charge is 0.495 e. The van der Waals surface area contributed by atoms with Gasteiger partial charge in [0.05, 0.1) is 38.4 Å². The van der Waals surface area contributed by atoms with Crippen LogP contribution < -0.4 is 9.47 Å². The zero-order chi connectivity index (χ0) is 27.1. The number of hydrogen-bond donors (Lipinski definition) is 1. The molecule has 3 atom stereocenters. The molecule has 1 aromatic heterocycles. The molecule has 2 aromatic rings. The molecule has 1 aromatic carbocycles. The van der Waals surface area contributed by atoms with Crippen molar-refractivity contribution in [2.45, 2.75) is 26.0 Å². The summed E-state index contributed by atoms with van der Waals surface area (Å²) in [6.45, 7) is 4.57. The summed E-state index contributed by atoms with van der Waals surface area (Å²) < 4.78 is 11.6. The van der Waals surface area contributed by atoms with E-state index in [0.29, 0.717) is 30.0 Å². The lowest BCUT2D eigenvalue weighted by Crippen LogP contribution is -2.51. The van der Waals surface area contributed by atoms with Gasteiger partial charge in [-0.05, 0) is 39.2 Å². The van der Waals surface area contributed by atoms with Gasteiger partial charge < -0.3 is 29.3 Å². The number of rotatable bonds is 7. The molecule has 3 rings (SSSR count). The van der Waals surface area contributed by atoms with Gasteiger partial charge in [0.1, 0.15) is 17.4 Å². The van der Waals surface area contributed by atoms with Crippen LogP contribution in [-0.2, 0) is 4.79 Å². The second kappa shape index (κ2) is 12.6. The van der Waals surface area contributed by atoms with Gasteiger partial charge in [0.2, 0.25) is 11.8 Å². The van der Waals surface area contributed by atoms with Crippen molar-refractivity contribution in [3.8, 4) is 23.5 Å². The number of fused-ring (bicyclic) bond motifs is 1. The van der Waals surface area contributed by atoms with Gasteiger partial charge in [0.25, 0.3) is 5.91 Å². The van der Waals surface area contributed by atoms with Crippen LogP contribution in [0.1, 0.15) is 35.3 Å². The van der Waals surface area contributed by atoms with Gasteiger partial charge >= 0.3 is 0 Å². The number of aliphatic hydroxyl groups excluding tert-OH is 1. The number of aromatic nitrogens is 1. The Morgan fingerprint density at radius 2 is 2.03 bits per heavy atom. The van der Waals surface area contributed by atoms with Crippen molar-refractivity contribution >= 4 is 11.8 Å². The molecular weight excluding hydrogens is 472 g/mol. The van der Waals surface area contributed by atoms with Gasteiger partial charge in [-0.15, -0.1) is 0 Å². The Balaban J connectivity index is 1.97. The number of aliphatic hydroxyl groups is 1. The van der Waals surface area contributed by atoms with E-state index in [-0.39, 0.29) is 42.3 Å². The fourth-order valence-corrected chi connectivity index (χ4v) is 4.04. The van der Waals surface area contributed by atoms with Crippen molar-refractivity contribution in [3.05, 3.63) is 53.2 Å². The first-order valence-electron chi connectivity index (χ1n) is 12.3. The molecule has 0 saturated heterocycles. The molecule has 1 aliphatic rings. The number of amides is 2. The first-order valence-corrected chi connectivity index (χ1v) is 12.3. The molecule has 1 aliphatic heterocycles. The van der Waals surface area contributed by atoms with Crippen molar-refractivity contribution < 1.29 is 24.2 Å². The Hall–Kier alpha value is -3.61. The molecule has 9 nitrogen and oxygen atoms in total. The lowest BCUT2D eigenvalue weighted by Gasteiger charge is -2.37. The number of para-hydroxylation sites is 1. The summed E-state index contributed by atoms with van der Waals surface area (Å²) in [5.74, 6) is 6.54. The summed E-state index contributed by atoms with van der Waals surface area (Å²) in [6.07, 6.45) is 1.16. The summed E-state index contributed by atoms with van der Waals surface area (Å²) in [7, 11) is 7.01. The highest BCUT2D eigenvalue weighted by Crippen LogP contribution is 2.27. The zero-order valence-electron chi connectivity index (χ0n) is 22.4. The van der Waals surface area contributed by atoms with E-state index >= 15 is 0 Å². The minimum absolute atomic E-state index is 0.0327. The zero-order valence-corrected chi connectivity index (χ0v) is 22.4. The molecule has 1 N–H and O–H groups in total. The van der Waals surface area contributed by atoms with Crippen LogP contribution in [0.4, 0.5) is 0 Å². The van der Waals surface area contributed by atoms with E-state index in [1.807, 2.05) is 50.2 Å². The van der Waals surface area contributed by atoms with Crippen LogP contribution in [0, 0.1) is 17.8 Å². The molecule has 2 amide bonds. The number of hydrogen-bond acceptors (Lipinski definition) is 7. The van der Waals surface area contributed by atoms with Crippen molar-refractivity contribution in [1.29, 1.82) is 0 Å². The van der Waals surface area contributed by atoms with Gasteiger partial charge in [-0.1, -0.05) is 30.9 Å². The van der Waals surface area contributed by atoms with Crippen molar-refractivity contribution in [2.75, 3.05) is 54.5 Å². The molecule has 0 spiro atoms. The van der Waals surface area contributed by atoms with Crippen LogP contribution in [0.2, 0.25) is 0 Å². The second-order valence-corrected chi connectivity index (χ2v) is 9.66. The standard InChI is InChI=1S/C28H36N4O5/c1-19-15-32(20(2)18-33)28(35)23-13-21(11-12-22-9-7-8-10-24(22)36-6)14-29-27(23)37-25(19)16-31(5)26(34)17-30(3)4/h7-10,13-14,19-20,25,33H,15-18H2,1-6H3/t19-,20-,25-/m1/s1. The maximum Gasteiger partial charge on any atom is 0.259 e. The van der Waals surface area contributed by atoms with E-state index in [0.717, 1.165) is 0 Å². The molecule has 0 unspecified atom stereocenters. The Labute approximate surface area is 219 Å². The van der Waals surface area contributed by atoms with Crippen molar-refractivity contribution in [2.24, 2.45) is 5.92 Å². The van der Waals surface area contributed by atoms with E-state index in [1.54, 1.807) is 43.1 Å². The van der Waals surface area contributed by atoms with E-state index in [9.17, 15) is 14.7 Å². The van der Waals surface area contributed by atoms with Crippen LogP contribution in [0.25, 0.3) is 0 Å². The molecule has 37 heavy (non-hydrogen) atoms. The van der Waals surface area contributed by atoms with E-state index < -0.39 is 12.1 Å². The third kappa shape index (κ3) is 7.00. The van der Waals surface area contributed by atoms with Gasteiger partial charge in [-0.25, -0.2) is 4.98 Å².